The summed E-state index contributed by atoms with van der Waals surface area (Å²) in [6, 6.07) is 0. The highest BCUT2D eigenvalue weighted by atomic mass is 79.9. The van der Waals surface area contributed by atoms with Crippen molar-refractivity contribution in [1.29, 1.82) is 0 Å². The van der Waals surface area contributed by atoms with Crippen molar-refractivity contribution in [1.82, 2.24) is 5.32 Å². The van der Waals surface area contributed by atoms with E-state index in [0.717, 1.165) is 18.9 Å². The lowest BCUT2D eigenvalue weighted by Crippen LogP contribution is -2.38. The number of alkyl halides is 1. The van der Waals surface area contributed by atoms with Crippen LogP contribution in [0.5, 0.6) is 0 Å². The summed E-state index contributed by atoms with van der Waals surface area (Å²) in [6.07, 6.45) is 6.61. The molecule has 2 nitrogen and oxygen atoms in total. The molecular weight excluding hydrogens is 242 g/mol. The average Bonchev–Trinajstić information content (AvgIpc) is 2.55. The van der Waals surface area contributed by atoms with Crippen LogP contribution < -0.4 is 5.32 Å². The summed E-state index contributed by atoms with van der Waals surface area (Å²) in [4.78, 5) is 11.5. The average molecular weight is 262 g/mol. The number of rotatable bonds is 4. The summed E-state index contributed by atoms with van der Waals surface area (Å²) in [6.45, 7) is 4.58. The Kier molecular flexibility index (Phi) is 4.42. The van der Waals surface area contributed by atoms with E-state index in [2.05, 4.69) is 21.2 Å². The quantitative estimate of drug-likeness (QED) is 0.775. The summed E-state index contributed by atoms with van der Waals surface area (Å²) >= 11 is 3.35. The van der Waals surface area contributed by atoms with E-state index in [-0.39, 0.29) is 5.91 Å². The number of hydrogen-bond donors (Lipinski definition) is 1. The Labute approximate surface area is 95.0 Å². The second kappa shape index (κ2) is 5.15. The number of carbonyl (C=O) groups excluding carboxylic acids is 1. The van der Waals surface area contributed by atoms with Gasteiger partial charge in [-0.3, -0.25) is 4.79 Å². The van der Waals surface area contributed by atoms with E-state index in [9.17, 15) is 4.79 Å². The molecule has 3 heteroatoms. The normalized spacial score (nSPS) is 18.5. The maximum absolute atomic E-state index is 11.5. The van der Waals surface area contributed by atoms with E-state index in [1.54, 1.807) is 0 Å². The first-order valence-corrected chi connectivity index (χ1v) is 6.26. The van der Waals surface area contributed by atoms with Crippen molar-refractivity contribution < 1.29 is 4.79 Å². The van der Waals surface area contributed by atoms with Gasteiger partial charge >= 0.3 is 0 Å². The van der Waals surface area contributed by atoms with Crippen LogP contribution in [0.25, 0.3) is 0 Å². The minimum absolute atomic E-state index is 0.0931. The van der Waals surface area contributed by atoms with E-state index in [1.165, 1.54) is 25.7 Å². The van der Waals surface area contributed by atoms with Crippen molar-refractivity contribution >= 4 is 21.8 Å². The smallest absolute Gasteiger partial charge is 0.236 e. The molecule has 0 aromatic heterocycles. The minimum atomic E-state index is -0.428. The molecule has 0 unspecified atom stereocenters. The Morgan fingerprint density at radius 2 is 2.00 bits per heavy atom. The molecular formula is C11H20BrNO. The molecule has 1 saturated carbocycles. The predicted octanol–water partition coefficient (Wildman–Crippen LogP) is 2.86. The molecule has 0 heterocycles. The van der Waals surface area contributed by atoms with Crippen LogP contribution in [0.1, 0.15) is 46.0 Å². The largest absolute Gasteiger partial charge is 0.355 e. The van der Waals surface area contributed by atoms with Crippen LogP contribution in [0.4, 0.5) is 0 Å². The maximum atomic E-state index is 11.5. The van der Waals surface area contributed by atoms with Crippen LogP contribution >= 0.6 is 15.9 Å². The number of carbonyl (C=O) groups is 1. The number of halogens is 1. The van der Waals surface area contributed by atoms with Gasteiger partial charge in [-0.15, -0.1) is 0 Å². The Balaban J connectivity index is 2.11. The third kappa shape index (κ3) is 3.99. The first-order valence-electron chi connectivity index (χ1n) is 5.47. The molecule has 82 valence electrons. The summed E-state index contributed by atoms with van der Waals surface area (Å²) in [5, 5.41) is 2.96. The Morgan fingerprint density at radius 3 is 2.50 bits per heavy atom. The molecule has 0 saturated heterocycles. The standard InChI is InChI=1S/C11H20BrNO/c1-11(2,12)10(14)13-8-7-9-5-3-4-6-9/h9H,3-8H2,1-2H3,(H,13,14). The molecule has 1 rings (SSSR count). The van der Waals surface area contributed by atoms with Crippen molar-refractivity contribution in [3.05, 3.63) is 0 Å². The summed E-state index contributed by atoms with van der Waals surface area (Å²) in [7, 11) is 0. The van der Waals surface area contributed by atoms with Gasteiger partial charge in [0.25, 0.3) is 0 Å². The third-order valence-electron chi connectivity index (χ3n) is 2.85. The van der Waals surface area contributed by atoms with E-state index >= 15 is 0 Å². The van der Waals surface area contributed by atoms with Crippen molar-refractivity contribution in [3.8, 4) is 0 Å². The van der Waals surface area contributed by atoms with Crippen LogP contribution in [0, 0.1) is 5.92 Å². The van der Waals surface area contributed by atoms with Gasteiger partial charge in [0, 0.05) is 6.54 Å². The van der Waals surface area contributed by atoms with Crippen molar-refractivity contribution in [2.45, 2.75) is 50.3 Å². The lowest BCUT2D eigenvalue weighted by molar-refractivity contribution is -0.122. The topological polar surface area (TPSA) is 29.1 Å². The summed E-state index contributed by atoms with van der Waals surface area (Å²) < 4.78 is -0.428. The highest BCUT2D eigenvalue weighted by Crippen LogP contribution is 2.27. The van der Waals surface area contributed by atoms with Gasteiger partial charge in [-0.25, -0.2) is 0 Å². The van der Waals surface area contributed by atoms with Crippen molar-refractivity contribution in [3.63, 3.8) is 0 Å². The molecule has 0 aromatic rings. The Morgan fingerprint density at radius 1 is 1.43 bits per heavy atom. The first kappa shape index (κ1) is 12.0. The monoisotopic (exact) mass is 261 g/mol. The molecule has 1 aliphatic rings. The Hall–Kier alpha value is -0.0500. The van der Waals surface area contributed by atoms with Gasteiger partial charge < -0.3 is 5.32 Å². The van der Waals surface area contributed by atoms with Crippen LogP contribution in [0.15, 0.2) is 0 Å². The molecule has 0 aromatic carbocycles. The van der Waals surface area contributed by atoms with E-state index in [1.807, 2.05) is 13.8 Å². The lowest BCUT2D eigenvalue weighted by Gasteiger charge is -2.16. The van der Waals surface area contributed by atoms with Gasteiger partial charge in [-0.1, -0.05) is 41.6 Å². The molecule has 14 heavy (non-hydrogen) atoms. The van der Waals surface area contributed by atoms with Gasteiger partial charge in [-0.05, 0) is 26.2 Å². The van der Waals surface area contributed by atoms with Crippen LogP contribution in [0.2, 0.25) is 0 Å². The van der Waals surface area contributed by atoms with Crippen LogP contribution in [-0.2, 0) is 4.79 Å². The van der Waals surface area contributed by atoms with E-state index < -0.39 is 4.32 Å². The molecule has 1 aliphatic carbocycles. The zero-order valence-corrected chi connectivity index (χ0v) is 10.7. The van der Waals surface area contributed by atoms with Crippen LogP contribution in [0.3, 0.4) is 0 Å². The van der Waals surface area contributed by atoms with Gasteiger partial charge in [0.15, 0.2) is 0 Å². The zero-order chi connectivity index (χ0) is 10.6. The van der Waals surface area contributed by atoms with Crippen molar-refractivity contribution in [2.24, 2.45) is 5.92 Å². The molecule has 0 aliphatic heterocycles. The second-order valence-electron chi connectivity index (χ2n) is 4.67. The third-order valence-corrected chi connectivity index (χ3v) is 3.21. The number of amides is 1. The highest BCUT2D eigenvalue weighted by Gasteiger charge is 2.23. The van der Waals surface area contributed by atoms with Gasteiger partial charge in [-0.2, -0.15) is 0 Å². The minimum Gasteiger partial charge on any atom is -0.355 e. The maximum Gasteiger partial charge on any atom is 0.236 e. The molecule has 0 spiro atoms. The number of hydrogen-bond acceptors (Lipinski definition) is 1. The fourth-order valence-electron chi connectivity index (χ4n) is 1.90. The van der Waals surface area contributed by atoms with Crippen LogP contribution in [-0.4, -0.2) is 16.8 Å². The lowest BCUT2D eigenvalue weighted by atomic mass is 10.0. The molecule has 1 fully saturated rings. The van der Waals surface area contributed by atoms with E-state index in [4.69, 9.17) is 0 Å². The zero-order valence-electron chi connectivity index (χ0n) is 9.11. The molecule has 0 atom stereocenters. The highest BCUT2D eigenvalue weighted by molar-refractivity contribution is 9.10. The van der Waals surface area contributed by atoms with Crippen molar-refractivity contribution in [2.75, 3.05) is 6.54 Å². The fourth-order valence-corrected chi connectivity index (χ4v) is 2.04. The molecule has 1 amide bonds. The SMILES string of the molecule is CC(C)(Br)C(=O)NCCC1CCCC1. The van der Waals surface area contributed by atoms with Gasteiger partial charge in [0.2, 0.25) is 5.91 Å². The first-order chi connectivity index (χ1) is 6.50. The Bertz CT molecular complexity index is 192. The summed E-state index contributed by atoms with van der Waals surface area (Å²) in [5.74, 6) is 0.948. The molecule has 0 radical (unpaired) electrons. The van der Waals surface area contributed by atoms with Gasteiger partial charge in [0.05, 0.1) is 4.32 Å². The second-order valence-corrected chi connectivity index (χ2v) is 6.65. The molecule has 0 bridgehead atoms. The van der Waals surface area contributed by atoms with Gasteiger partial charge in [0.1, 0.15) is 0 Å². The fraction of sp³-hybridized carbons (Fsp3) is 0.909. The summed E-state index contributed by atoms with van der Waals surface area (Å²) in [5.41, 5.74) is 0. The van der Waals surface area contributed by atoms with E-state index in [0.29, 0.717) is 0 Å². The number of nitrogens with one attached hydrogen (secondary N) is 1. The molecule has 1 N–H and O–H groups in total. The predicted molar refractivity (Wildman–Crippen MR) is 62.6 cm³/mol.